The van der Waals surface area contributed by atoms with Crippen LogP contribution in [0.25, 0.3) is 0 Å². The third-order valence-corrected chi connectivity index (χ3v) is 5.09. The molecule has 1 saturated carbocycles. The summed E-state index contributed by atoms with van der Waals surface area (Å²) in [6.07, 6.45) is 8.01. The number of benzene rings is 1. The molecule has 1 aromatic carbocycles. The van der Waals surface area contributed by atoms with Gasteiger partial charge in [-0.3, -0.25) is 0 Å². The van der Waals surface area contributed by atoms with Gasteiger partial charge in [0.25, 0.3) is 0 Å². The van der Waals surface area contributed by atoms with Gasteiger partial charge in [0.15, 0.2) is 11.5 Å². The third-order valence-electron chi connectivity index (χ3n) is 5.09. The van der Waals surface area contributed by atoms with Crippen LogP contribution >= 0.6 is 0 Å². The number of hydrogen-bond acceptors (Lipinski definition) is 4. The fraction of sp³-hybridized carbons (Fsp3) is 0.647. The topological polar surface area (TPSA) is 47.7 Å². The van der Waals surface area contributed by atoms with Gasteiger partial charge in [0, 0.05) is 24.7 Å². The van der Waals surface area contributed by atoms with E-state index in [4.69, 9.17) is 15.2 Å². The highest BCUT2D eigenvalue weighted by Crippen LogP contribution is 2.43. The van der Waals surface area contributed by atoms with Crippen LogP contribution in [0.4, 0.5) is 11.4 Å². The first-order valence-electron chi connectivity index (χ1n) is 8.02. The van der Waals surface area contributed by atoms with Crippen LogP contribution in [-0.2, 0) is 0 Å². The van der Waals surface area contributed by atoms with Crippen molar-refractivity contribution in [1.82, 2.24) is 0 Å². The summed E-state index contributed by atoms with van der Waals surface area (Å²) in [4.78, 5) is 2.52. The molecule has 1 aliphatic heterocycles. The highest BCUT2D eigenvalue weighted by atomic mass is 16.5. The van der Waals surface area contributed by atoms with Gasteiger partial charge < -0.3 is 20.1 Å². The molecule has 2 N–H and O–H groups in total. The molecule has 2 unspecified atom stereocenters. The van der Waals surface area contributed by atoms with Crippen molar-refractivity contribution < 1.29 is 9.47 Å². The molecule has 0 amide bonds. The molecular formula is C17H26N2O2. The van der Waals surface area contributed by atoms with Crippen LogP contribution in [-0.4, -0.2) is 26.8 Å². The van der Waals surface area contributed by atoms with Gasteiger partial charge in [0.05, 0.1) is 25.6 Å². The molecule has 1 heterocycles. The predicted molar refractivity (Wildman–Crippen MR) is 86.3 cm³/mol. The van der Waals surface area contributed by atoms with Crippen molar-refractivity contribution in [3.8, 4) is 11.5 Å². The molecule has 3 rings (SSSR count). The van der Waals surface area contributed by atoms with Gasteiger partial charge in [-0.15, -0.1) is 0 Å². The first-order valence-corrected chi connectivity index (χ1v) is 8.02. The van der Waals surface area contributed by atoms with Crippen molar-refractivity contribution in [3.05, 3.63) is 12.1 Å². The van der Waals surface area contributed by atoms with Gasteiger partial charge in [-0.25, -0.2) is 0 Å². The third kappa shape index (κ3) is 2.63. The van der Waals surface area contributed by atoms with Crippen LogP contribution in [0.15, 0.2) is 12.1 Å². The van der Waals surface area contributed by atoms with E-state index in [2.05, 4.69) is 4.90 Å². The number of piperidine rings is 1. The van der Waals surface area contributed by atoms with Crippen molar-refractivity contribution >= 4 is 11.4 Å². The number of nitrogens with two attached hydrogens (primary N) is 1. The maximum absolute atomic E-state index is 6.30. The Morgan fingerprint density at radius 3 is 2.43 bits per heavy atom. The Hall–Kier alpha value is -1.58. The monoisotopic (exact) mass is 290 g/mol. The second-order valence-electron chi connectivity index (χ2n) is 6.21. The summed E-state index contributed by atoms with van der Waals surface area (Å²) < 4.78 is 10.8. The Morgan fingerprint density at radius 2 is 1.67 bits per heavy atom. The lowest BCUT2D eigenvalue weighted by molar-refractivity contribution is 0.244. The van der Waals surface area contributed by atoms with Crippen molar-refractivity contribution in [1.29, 1.82) is 0 Å². The first kappa shape index (κ1) is 14.4. The summed E-state index contributed by atoms with van der Waals surface area (Å²) in [5.41, 5.74) is 8.20. The highest BCUT2D eigenvalue weighted by molar-refractivity contribution is 5.73. The number of nitrogens with zero attached hydrogens (tertiary/aromatic N) is 1. The molecule has 0 radical (unpaired) electrons. The zero-order valence-electron chi connectivity index (χ0n) is 13.1. The van der Waals surface area contributed by atoms with Gasteiger partial charge in [-0.2, -0.15) is 0 Å². The lowest BCUT2D eigenvalue weighted by Gasteiger charge is -2.45. The summed E-state index contributed by atoms with van der Waals surface area (Å²) in [5.74, 6) is 2.30. The fourth-order valence-corrected chi connectivity index (χ4v) is 4.06. The van der Waals surface area contributed by atoms with Crippen LogP contribution < -0.4 is 20.1 Å². The summed E-state index contributed by atoms with van der Waals surface area (Å²) in [6, 6.07) is 4.58. The lowest BCUT2D eigenvalue weighted by Crippen LogP contribution is -2.47. The Labute approximate surface area is 127 Å². The largest absolute Gasteiger partial charge is 0.493 e. The molecule has 1 aromatic rings. The van der Waals surface area contributed by atoms with E-state index in [-0.39, 0.29) is 0 Å². The normalized spacial score (nSPS) is 25.3. The Morgan fingerprint density at radius 1 is 1.00 bits per heavy atom. The molecule has 0 bridgehead atoms. The van der Waals surface area contributed by atoms with Crippen molar-refractivity contribution in [2.45, 2.75) is 44.6 Å². The quantitative estimate of drug-likeness (QED) is 0.866. The molecular weight excluding hydrogens is 264 g/mol. The number of rotatable bonds is 3. The summed E-state index contributed by atoms with van der Waals surface area (Å²) in [7, 11) is 3.33. The molecule has 4 heteroatoms. The lowest BCUT2D eigenvalue weighted by atomic mass is 9.78. The summed E-state index contributed by atoms with van der Waals surface area (Å²) in [5, 5.41) is 0. The standard InChI is InChI=1S/C17H26N2O2/c1-20-16-10-13(18)15(11-17(16)21-2)19-9-5-7-12-6-3-4-8-14(12)19/h10-12,14H,3-9,18H2,1-2H3. The van der Waals surface area contributed by atoms with E-state index in [0.29, 0.717) is 11.8 Å². The summed E-state index contributed by atoms with van der Waals surface area (Å²) in [6.45, 7) is 1.10. The average molecular weight is 290 g/mol. The minimum Gasteiger partial charge on any atom is -0.493 e. The van der Waals surface area contributed by atoms with Crippen LogP contribution in [0.2, 0.25) is 0 Å². The van der Waals surface area contributed by atoms with E-state index in [1.807, 2.05) is 12.1 Å². The zero-order chi connectivity index (χ0) is 14.8. The molecule has 2 aliphatic rings. The minimum atomic E-state index is 0.646. The average Bonchev–Trinajstić information content (AvgIpc) is 2.54. The predicted octanol–water partition coefficient (Wildman–Crippen LogP) is 3.45. The highest BCUT2D eigenvalue weighted by Gasteiger charge is 2.34. The van der Waals surface area contributed by atoms with Crippen molar-refractivity contribution in [2.24, 2.45) is 5.92 Å². The minimum absolute atomic E-state index is 0.646. The Balaban J connectivity index is 1.94. The molecule has 4 nitrogen and oxygen atoms in total. The zero-order valence-corrected chi connectivity index (χ0v) is 13.1. The van der Waals surface area contributed by atoms with Crippen LogP contribution in [0.5, 0.6) is 11.5 Å². The summed E-state index contributed by atoms with van der Waals surface area (Å²) >= 11 is 0. The van der Waals surface area contributed by atoms with E-state index in [9.17, 15) is 0 Å². The van der Waals surface area contributed by atoms with Crippen molar-refractivity contribution in [2.75, 3.05) is 31.4 Å². The number of anilines is 2. The van der Waals surface area contributed by atoms with Gasteiger partial charge in [-0.1, -0.05) is 12.8 Å². The van der Waals surface area contributed by atoms with Crippen LogP contribution in [0.1, 0.15) is 38.5 Å². The van der Waals surface area contributed by atoms with Gasteiger partial charge >= 0.3 is 0 Å². The second-order valence-corrected chi connectivity index (χ2v) is 6.21. The maximum Gasteiger partial charge on any atom is 0.162 e. The molecule has 1 saturated heterocycles. The van der Waals surface area contributed by atoms with Gasteiger partial charge in [-0.05, 0) is 31.6 Å². The Bertz CT molecular complexity index is 502. The van der Waals surface area contributed by atoms with E-state index in [1.165, 1.54) is 38.5 Å². The Kier molecular flexibility index (Phi) is 4.13. The molecule has 21 heavy (non-hydrogen) atoms. The van der Waals surface area contributed by atoms with Crippen LogP contribution in [0, 0.1) is 5.92 Å². The number of methoxy groups -OCH3 is 2. The SMILES string of the molecule is COc1cc(N)c(N2CCCC3CCCCC32)cc1OC. The van der Waals surface area contributed by atoms with Gasteiger partial charge in [0.2, 0.25) is 0 Å². The van der Waals surface area contributed by atoms with Gasteiger partial charge in [0.1, 0.15) is 0 Å². The smallest absolute Gasteiger partial charge is 0.162 e. The molecule has 0 aromatic heterocycles. The first-order chi connectivity index (χ1) is 10.2. The number of fused-ring (bicyclic) bond motifs is 1. The van der Waals surface area contributed by atoms with E-state index >= 15 is 0 Å². The number of hydrogen-bond donors (Lipinski definition) is 1. The second kappa shape index (κ2) is 6.04. The van der Waals surface area contributed by atoms with E-state index in [0.717, 1.165) is 29.6 Å². The molecule has 1 aliphatic carbocycles. The van der Waals surface area contributed by atoms with Crippen LogP contribution in [0.3, 0.4) is 0 Å². The molecule has 2 atom stereocenters. The maximum atomic E-state index is 6.30. The number of nitrogen functional groups attached to an aromatic ring is 1. The number of ether oxygens (including phenoxy) is 2. The fourth-order valence-electron chi connectivity index (χ4n) is 4.06. The molecule has 2 fully saturated rings. The van der Waals surface area contributed by atoms with E-state index < -0.39 is 0 Å². The van der Waals surface area contributed by atoms with E-state index in [1.54, 1.807) is 14.2 Å². The van der Waals surface area contributed by atoms with Crippen molar-refractivity contribution in [3.63, 3.8) is 0 Å². The molecule has 0 spiro atoms. The molecule has 116 valence electrons.